The summed E-state index contributed by atoms with van der Waals surface area (Å²) < 4.78 is 10.8. The molecule has 0 amide bonds. The van der Waals surface area contributed by atoms with E-state index in [-0.39, 0.29) is 5.84 Å². The number of aromatic nitrogens is 1. The van der Waals surface area contributed by atoms with E-state index in [0.29, 0.717) is 13.0 Å². The van der Waals surface area contributed by atoms with Gasteiger partial charge in [-0.1, -0.05) is 6.07 Å². The number of hydrogen-bond acceptors (Lipinski definition) is 5. The van der Waals surface area contributed by atoms with E-state index in [1.54, 1.807) is 7.11 Å². The van der Waals surface area contributed by atoms with Crippen LogP contribution in [0.15, 0.2) is 24.3 Å². The molecule has 0 spiro atoms. The maximum atomic E-state index is 7.45. The Kier molecular flexibility index (Phi) is 4.57. The number of nitrogens with two attached hydrogens (primary N) is 1. The summed E-state index contributed by atoms with van der Waals surface area (Å²) in [7, 11) is 1.63. The lowest BCUT2D eigenvalue weighted by molar-refractivity contribution is 0.318. The van der Waals surface area contributed by atoms with E-state index in [0.717, 1.165) is 27.1 Å². The standard InChI is InChI=1S/C14H17N3O2S/c1-9-13(14(15)16)20-12(17-9)6-7-19-11-5-3-4-10(8-11)18-2/h3-5,8H,6-7H2,1-2H3,(H3,15,16). The number of nitrogen functional groups attached to an aromatic ring is 1. The Labute approximate surface area is 121 Å². The number of ether oxygens (including phenoxy) is 2. The highest BCUT2D eigenvalue weighted by atomic mass is 32.1. The Hall–Kier alpha value is -2.08. The number of benzene rings is 1. The van der Waals surface area contributed by atoms with Crippen molar-refractivity contribution < 1.29 is 9.47 Å². The zero-order valence-corrected chi connectivity index (χ0v) is 12.3. The van der Waals surface area contributed by atoms with Gasteiger partial charge in [0.15, 0.2) is 0 Å². The van der Waals surface area contributed by atoms with E-state index in [2.05, 4.69) is 4.98 Å². The van der Waals surface area contributed by atoms with Crippen molar-refractivity contribution in [3.05, 3.63) is 39.8 Å². The van der Waals surface area contributed by atoms with Crippen molar-refractivity contribution >= 4 is 17.2 Å². The normalized spacial score (nSPS) is 10.3. The summed E-state index contributed by atoms with van der Waals surface area (Å²) in [5.41, 5.74) is 6.29. The van der Waals surface area contributed by atoms with Crippen LogP contribution in [0.4, 0.5) is 0 Å². The zero-order chi connectivity index (χ0) is 14.5. The van der Waals surface area contributed by atoms with Gasteiger partial charge in [0.25, 0.3) is 0 Å². The Bertz CT molecular complexity index is 610. The zero-order valence-electron chi connectivity index (χ0n) is 11.5. The third kappa shape index (κ3) is 3.48. The number of nitrogens with one attached hydrogen (secondary N) is 1. The summed E-state index contributed by atoms with van der Waals surface area (Å²) in [5.74, 6) is 1.61. The topological polar surface area (TPSA) is 81.2 Å². The number of methoxy groups -OCH3 is 1. The number of aryl methyl sites for hydroxylation is 1. The van der Waals surface area contributed by atoms with E-state index in [4.69, 9.17) is 20.6 Å². The highest BCUT2D eigenvalue weighted by molar-refractivity contribution is 7.13. The number of thiazole rings is 1. The van der Waals surface area contributed by atoms with Gasteiger partial charge in [0.2, 0.25) is 0 Å². The quantitative estimate of drug-likeness (QED) is 0.632. The first-order chi connectivity index (χ1) is 9.60. The smallest absolute Gasteiger partial charge is 0.135 e. The average Bonchev–Trinajstić information content (AvgIpc) is 2.80. The lowest BCUT2D eigenvalue weighted by Crippen LogP contribution is -2.10. The molecule has 20 heavy (non-hydrogen) atoms. The van der Waals surface area contributed by atoms with Crippen LogP contribution in [0.2, 0.25) is 0 Å². The summed E-state index contributed by atoms with van der Waals surface area (Å²) in [6.07, 6.45) is 0.690. The molecule has 0 atom stereocenters. The van der Waals surface area contributed by atoms with Crippen molar-refractivity contribution in [3.63, 3.8) is 0 Å². The minimum atomic E-state index is 0.0694. The summed E-state index contributed by atoms with van der Waals surface area (Å²) in [6, 6.07) is 7.48. The van der Waals surface area contributed by atoms with Gasteiger partial charge in [-0.05, 0) is 19.1 Å². The fourth-order valence-corrected chi connectivity index (χ4v) is 2.66. The molecule has 0 aliphatic heterocycles. The van der Waals surface area contributed by atoms with E-state index in [9.17, 15) is 0 Å². The highest BCUT2D eigenvalue weighted by Crippen LogP contribution is 2.20. The van der Waals surface area contributed by atoms with Crippen molar-refractivity contribution in [1.82, 2.24) is 4.98 Å². The SMILES string of the molecule is COc1cccc(OCCc2nc(C)c(C(=N)N)s2)c1. The highest BCUT2D eigenvalue weighted by Gasteiger charge is 2.09. The molecule has 0 aliphatic rings. The van der Waals surface area contributed by atoms with Crippen LogP contribution < -0.4 is 15.2 Å². The van der Waals surface area contributed by atoms with Crippen LogP contribution in [0.3, 0.4) is 0 Å². The van der Waals surface area contributed by atoms with Gasteiger partial charge in [-0.3, -0.25) is 5.41 Å². The molecule has 0 saturated heterocycles. The molecule has 0 fully saturated rings. The van der Waals surface area contributed by atoms with Crippen LogP contribution in [-0.2, 0) is 6.42 Å². The van der Waals surface area contributed by atoms with Crippen LogP contribution in [0, 0.1) is 12.3 Å². The molecule has 1 aromatic heterocycles. The molecule has 1 aromatic carbocycles. The van der Waals surface area contributed by atoms with Gasteiger partial charge in [-0.2, -0.15) is 0 Å². The summed E-state index contributed by atoms with van der Waals surface area (Å²) in [6.45, 7) is 2.39. The number of nitrogens with zero attached hydrogens (tertiary/aromatic N) is 1. The number of rotatable bonds is 6. The molecule has 6 heteroatoms. The first-order valence-electron chi connectivity index (χ1n) is 6.17. The lowest BCUT2D eigenvalue weighted by Gasteiger charge is -2.06. The molecule has 0 aliphatic carbocycles. The summed E-state index contributed by atoms with van der Waals surface area (Å²) in [4.78, 5) is 5.13. The molecular formula is C14H17N3O2S. The molecular weight excluding hydrogens is 274 g/mol. The predicted molar refractivity (Wildman–Crippen MR) is 80.1 cm³/mol. The molecule has 5 nitrogen and oxygen atoms in total. The van der Waals surface area contributed by atoms with Crippen LogP contribution in [0.1, 0.15) is 15.6 Å². The van der Waals surface area contributed by atoms with Crippen molar-refractivity contribution in [1.29, 1.82) is 5.41 Å². The van der Waals surface area contributed by atoms with Gasteiger partial charge in [-0.25, -0.2) is 4.98 Å². The number of hydrogen-bond donors (Lipinski definition) is 2. The fraction of sp³-hybridized carbons (Fsp3) is 0.286. The van der Waals surface area contributed by atoms with Crippen molar-refractivity contribution in [2.75, 3.05) is 13.7 Å². The van der Waals surface area contributed by atoms with Crippen molar-refractivity contribution in [2.24, 2.45) is 5.73 Å². The molecule has 106 valence electrons. The van der Waals surface area contributed by atoms with E-state index in [1.807, 2.05) is 31.2 Å². The Morgan fingerprint density at radius 1 is 1.40 bits per heavy atom. The third-order valence-corrected chi connectivity index (χ3v) is 3.96. The maximum Gasteiger partial charge on any atom is 0.135 e. The van der Waals surface area contributed by atoms with E-state index >= 15 is 0 Å². The fourth-order valence-electron chi connectivity index (χ4n) is 1.76. The molecule has 1 heterocycles. The van der Waals surface area contributed by atoms with Gasteiger partial charge in [0, 0.05) is 12.5 Å². The van der Waals surface area contributed by atoms with Gasteiger partial charge in [-0.15, -0.1) is 11.3 Å². The van der Waals surface area contributed by atoms with Gasteiger partial charge >= 0.3 is 0 Å². The second kappa shape index (κ2) is 6.38. The van der Waals surface area contributed by atoms with Gasteiger partial charge in [0.1, 0.15) is 17.3 Å². The second-order valence-corrected chi connectivity index (χ2v) is 5.30. The van der Waals surface area contributed by atoms with Crippen LogP contribution in [-0.4, -0.2) is 24.5 Å². The minimum absolute atomic E-state index is 0.0694. The predicted octanol–water partition coefficient (Wildman–Crippen LogP) is 2.37. The van der Waals surface area contributed by atoms with Crippen LogP contribution in [0.25, 0.3) is 0 Å². The molecule has 0 radical (unpaired) electrons. The third-order valence-electron chi connectivity index (χ3n) is 2.71. The number of amidine groups is 1. The largest absolute Gasteiger partial charge is 0.497 e. The van der Waals surface area contributed by atoms with Crippen LogP contribution >= 0.6 is 11.3 Å². The first-order valence-corrected chi connectivity index (χ1v) is 6.99. The van der Waals surface area contributed by atoms with Gasteiger partial charge in [0.05, 0.1) is 29.3 Å². The summed E-state index contributed by atoms with van der Waals surface area (Å²) in [5, 5.41) is 8.38. The second-order valence-electron chi connectivity index (χ2n) is 4.21. The van der Waals surface area contributed by atoms with Crippen molar-refractivity contribution in [2.45, 2.75) is 13.3 Å². The first kappa shape index (κ1) is 14.3. The Morgan fingerprint density at radius 2 is 2.15 bits per heavy atom. The Balaban J connectivity index is 1.92. The molecule has 2 rings (SSSR count). The van der Waals surface area contributed by atoms with Crippen molar-refractivity contribution in [3.8, 4) is 11.5 Å². The van der Waals surface area contributed by atoms with Crippen LogP contribution in [0.5, 0.6) is 11.5 Å². The molecule has 3 N–H and O–H groups in total. The van der Waals surface area contributed by atoms with E-state index in [1.165, 1.54) is 11.3 Å². The molecule has 2 aromatic rings. The van der Waals surface area contributed by atoms with E-state index < -0.39 is 0 Å². The molecule has 0 saturated carbocycles. The molecule has 0 bridgehead atoms. The lowest BCUT2D eigenvalue weighted by atomic mass is 10.3. The maximum absolute atomic E-state index is 7.45. The average molecular weight is 291 g/mol. The summed E-state index contributed by atoms with van der Waals surface area (Å²) >= 11 is 1.45. The monoisotopic (exact) mass is 291 g/mol. The minimum Gasteiger partial charge on any atom is -0.497 e. The Morgan fingerprint density at radius 3 is 2.80 bits per heavy atom. The molecule has 0 unspecified atom stereocenters. The van der Waals surface area contributed by atoms with Gasteiger partial charge < -0.3 is 15.2 Å².